The Kier molecular flexibility index (Phi) is 7.53. The monoisotopic (exact) mass is 453 g/mol. The third-order valence-electron chi connectivity index (χ3n) is 4.52. The van der Waals surface area contributed by atoms with Gasteiger partial charge in [-0.15, -0.1) is 11.3 Å². The van der Waals surface area contributed by atoms with Crippen molar-refractivity contribution in [2.24, 2.45) is 0 Å². The van der Waals surface area contributed by atoms with Crippen LogP contribution in [0.5, 0.6) is 0 Å². The Balaban J connectivity index is 1.51. The molecule has 2 heterocycles. The Labute approximate surface area is 179 Å². The van der Waals surface area contributed by atoms with Crippen LogP contribution in [0.15, 0.2) is 34.5 Å². The number of hydrogen-bond donors (Lipinski definition) is 1. The highest BCUT2D eigenvalue weighted by molar-refractivity contribution is 7.89. The molecule has 1 N–H and O–H groups in total. The third-order valence-corrected chi connectivity index (χ3v) is 7.24. The maximum absolute atomic E-state index is 12.6. The predicted molar refractivity (Wildman–Crippen MR) is 111 cm³/mol. The zero-order valence-corrected chi connectivity index (χ0v) is 18.1. The highest BCUT2D eigenvalue weighted by Crippen LogP contribution is 2.19. The van der Waals surface area contributed by atoms with Gasteiger partial charge in [0.2, 0.25) is 15.9 Å². The van der Waals surface area contributed by atoms with Crippen LogP contribution in [0.1, 0.15) is 17.7 Å². The van der Waals surface area contributed by atoms with Crippen LogP contribution >= 0.6 is 11.3 Å². The second kappa shape index (κ2) is 10.1. The van der Waals surface area contributed by atoms with E-state index >= 15 is 0 Å². The lowest BCUT2D eigenvalue weighted by molar-refractivity contribution is -0.139. The van der Waals surface area contributed by atoms with Gasteiger partial charge in [0.15, 0.2) is 5.13 Å². The summed E-state index contributed by atoms with van der Waals surface area (Å²) in [6.07, 6.45) is 0.744. The maximum atomic E-state index is 12.6. The van der Waals surface area contributed by atoms with Crippen molar-refractivity contribution in [3.8, 4) is 0 Å². The maximum Gasteiger partial charge on any atom is 0.311 e. The average molecular weight is 454 g/mol. The topological polar surface area (TPSA) is 115 Å². The van der Waals surface area contributed by atoms with Crippen LogP contribution in [0.25, 0.3) is 0 Å². The van der Waals surface area contributed by atoms with Crippen LogP contribution in [-0.2, 0) is 41.9 Å². The van der Waals surface area contributed by atoms with Crippen molar-refractivity contribution in [3.63, 3.8) is 0 Å². The van der Waals surface area contributed by atoms with Crippen LogP contribution in [0, 0.1) is 0 Å². The van der Waals surface area contributed by atoms with E-state index in [4.69, 9.17) is 4.74 Å². The number of hydrogen-bond acceptors (Lipinski definition) is 8. The van der Waals surface area contributed by atoms with E-state index in [1.54, 1.807) is 29.6 Å². The van der Waals surface area contributed by atoms with E-state index in [9.17, 15) is 18.0 Å². The van der Waals surface area contributed by atoms with Gasteiger partial charge in [-0.2, -0.15) is 4.31 Å². The second-order valence-corrected chi connectivity index (χ2v) is 9.40. The minimum Gasteiger partial charge on any atom is -0.469 e. The molecule has 0 saturated carbocycles. The summed E-state index contributed by atoms with van der Waals surface area (Å²) in [6, 6.07) is 6.58. The Morgan fingerprint density at radius 2 is 1.93 bits per heavy atom. The molecule has 0 bridgehead atoms. The van der Waals surface area contributed by atoms with E-state index in [2.05, 4.69) is 15.0 Å². The van der Waals surface area contributed by atoms with Crippen LogP contribution < -0.4 is 5.32 Å². The Hall–Kier alpha value is -2.34. The number of nitrogens with zero attached hydrogens (tertiary/aromatic N) is 2. The first-order valence-corrected chi connectivity index (χ1v) is 11.7. The minimum absolute atomic E-state index is 0.0581. The molecule has 30 heavy (non-hydrogen) atoms. The van der Waals surface area contributed by atoms with Gasteiger partial charge in [0.1, 0.15) is 0 Å². The summed E-state index contributed by atoms with van der Waals surface area (Å²) in [5, 5.41) is 4.82. The number of ether oxygens (including phenoxy) is 2. The number of carbonyl (C=O) groups excluding carboxylic acids is 2. The lowest BCUT2D eigenvalue weighted by Crippen LogP contribution is -2.40. The highest BCUT2D eigenvalue weighted by Gasteiger charge is 2.26. The number of esters is 1. The lowest BCUT2D eigenvalue weighted by atomic mass is 10.1. The molecule has 3 rings (SSSR count). The number of thiazole rings is 1. The fourth-order valence-electron chi connectivity index (χ4n) is 2.87. The van der Waals surface area contributed by atoms with Crippen molar-refractivity contribution in [1.82, 2.24) is 9.29 Å². The van der Waals surface area contributed by atoms with E-state index < -0.39 is 16.0 Å². The summed E-state index contributed by atoms with van der Waals surface area (Å²) in [5.41, 5.74) is 1.40. The number of benzene rings is 1. The van der Waals surface area contributed by atoms with Crippen molar-refractivity contribution in [2.45, 2.75) is 24.2 Å². The van der Waals surface area contributed by atoms with Gasteiger partial charge in [0, 0.05) is 24.9 Å². The zero-order chi connectivity index (χ0) is 21.6. The van der Waals surface area contributed by atoms with Crippen molar-refractivity contribution in [1.29, 1.82) is 0 Å². The standard InChI is InChI=1S/C19H23N3O6S2/c1-27-18(24)12-15-13-29-19(20-15)21-17(23)7-4-14-2-5-16(6-3-14)30(25,26)22-8-10-28-11-9-22/h2-3,5-6,13H,4,7-12H2,1H3,(H,20,21,23). The van der Waals surface area contributed by atoms with Crippen LogP contribution in [-0.4, -0.2) is 63.0 Å². The van der Waals surface area contributed by atoms with E-state index in [1.165, 1.54) is 22.8 Å². The molecule has 1 saturated heterocycles. The summed E-state index contributed by atoms with van der Waals surface area (Å²) in [4.78, 5) is 27.8. The summed E-state index contributed by atoms with van der Waals surface area (Å²) < 4.78 is 36.5. The van der Waals surface area contributed by atoms with Gasteiger partial charge in [-0.3, -0.25) is 9.59 Å². The molecule has 1 aliphatic heterocycles. The molecule has 0 atom stereocenters. The largest absolute Gasteiger partial charge is 0.469 e. The summed E-state index contributed by atoms with van der Waals surface area (Å²) in [6.45, 7) is 1.50. The molecule has 1 amide bonds. The molecule has 0 unspecified atom stereocenters. The fourth-order valence-corrected chi connectivity index (χ4v) is 5.00. The number of aromatic nitrogens is 1. The number of amides is 1. The number of rotatable bonds is 8. The molecule has 11 heteroatoms. The Morgan fingerprint density at radius 1 is 1.23 bits per heavy atom. The lowest BCUT2D eigenvalue weighted by Gasteiger charge is -2.26. The molecule has 2 aromatic rings. The van der Waals surface area contributed by atoms with Gasteiger partial charge in [-0.1, -0.05) is 12.1 Å². The normalized spacial score (nSPS) is 15.0. The van der Waals surface area contributed by atoms with Crippen LogP contribution in [0.4, 0.5) is 5.13 Å². The van der Waals surface area contributed by atoms with Crippen molar-refractivity contribution >= 4 is 38.4 Å². The van der Waals surface area contributed by atoms with Crippen molar-refractivity contribution in [3.05, 3.63) is 40.9 Å². The number of morpholine rings is 1. The predicted octanol–water partition coefficient (Wildman–Crippen LogP) is 1.45. The van der Waals surface area contributed by atoms with Gasteiger partial charge < -0.3 is 14.8 Å². The van der Waals surface area contributed by atoms with Crippen LogP contribution in [0.2, 0.25) is 0 Å². The van der Waals surface area contributed by atoms with Crippen LogP contribution in [0.3, 0.4) is 0 Å². The first kappa shape index (κ1) is 22.3. The average Bonchev–Trinajstić information content (AvgIpc) is 3.19. The van der Waals surface area contributed by atoms with Crippen molar-refractivity contribution < 1.29 is 27.5 Å². The Morgan fingerprint density at radius 3 is 2.60 bits per heavy atom. The molecule has 0 aliphatic carbocycles. The minimum atomic E-state index is -3.52. The quantitative estimate of drug-likeness (QED) is 0.602. The second-order valence-electron chi connectivity index (χ2n) is 6.61. The number of sulfonamides is 1. The molecule has 0 spiro atoms. The Bertz CT molecular complexity index is 982. The smallest absolute Gasteiger partial charge is 0.311 e. The molecule has 162 valence electrons. The highest BCUT2D eigenvalue weighted by atomic mass is 32.2. The SMILES string of the molecule is COC(=O)Cc1csc(NC(=O)CCc2ccc(S(=O)(=O)N3CCOCC3)cc2)n1. The van der Waals surface area contributed by atoms with E-state index in [-0.39, 0.29) is 23.6 Å². The summed E-state index contributed by atoms with van der Waals surface area (Å²) >= 11 is 1.24. The van der Waals surface area contributed by atoms with Gasteiger partial charge >= 0.3 is 5.97 Å². The van der Waals surface area contributed by atoms with E-state index in [0.717, 1.165) is 5.56 Å². The molecule has 1 aromatic heterocycles. The number of methoxy groups -OCH3 is 1. The molecule has 1 fully saturated rings. The van der Waals surface area contributed by atoms with Gasteiger partial charge in [-0.05, 0) is 24.1 Å². The third kappa shape index (κ3) is 5.85. The van der Waals surface area contributed by atoms with Crippen molar-refractivity contribution in [2.75, 3.05) is 38.7 Å². The van der Waals surface area contributed by atoms with Gasteiger partial charge in [0.25, 0.3) is 0 Å². The first-order chi connectivity index (χ1) is 14.4. The number of nitrogens with one attached hydrogen (secondary N) is 1. The summed E-state index contributed by atoms with van der Waals surface area (Å²) in [7, 11) is -2.22. The number of aryl methyl sites for hydroxylation is 1. The molecular weight excluding hydrogens is 430 g/mol. The van der Waals surface area contributed by atoms with Gasteiger partial charge in [0.05, 0.1) is 37.3 Å². The number of anilines is 1. The molecule has 1 aliphatic rings. The number of carbonyl (C=O) groups is 2. The molecular formula is C19H23N3O6S2. The first-order valence-electron chi connectivity index (χ1n) is 9.36. The molecule has 1 aromatic carbocycles. The van der Waals surface area contributed by atoms with Gasteiger partial charge in [-0.25, -0.2) is 13.4 Å². The molecule has 0 radical (unpaired) electrons. The van der Waals surface area contributed by atoms with E-state index in [1.807, 2.05) is 0 Å². The molecule has 9 nitrogen and oxygen atoms in total. The summed E-state index contributed by atoms with van der Waals surface area (Å²) in [5.74, 6) is -0.601. The van der Waals surface area contributed by atoms with E-state index in [0.29, 0.717) is 43.5 Å². The zero-order valence-electron chi connectivity index (χ0n) is 16.5. The fraction of sp³-hybridized carbons (Fsp3) is 0.421.